The van der Waals surface area contributed by atoms with Gasteiger partial charge < -0.3 is 20.1 Å². The summed E-state index contributed by atoms with van der Waals surface area (Å²) in [4.78, 5) is 24.4. The van der Waals surface area contributed by atoms with E-state index in [1.165, 1.54) is 0 Å². The summed E-state index contributed by atoms with van der Waals surface area (Å²) < 4.78 is 5.28. The van der Waals surface area contributed by atoms with Gasteiger partial charge in [0.25, 0.3) is 0 Å². The van der Waals surface area contributed by atoms with Gasteiger partial charge >= 0.3 is 5.97 Å². The summed E-state index contributed by atoms with van der Waals surface area (Å²) in [6.07, 6.45) is 0.960. The number of ether oxygens (including phenoxy) is 1. The molecule has 2 heterocycles. The van der Waals surface area contributed by atoms with E-state index in [0.717, 1.165) is 6.54 Å². The molecule has 2 aliphatic rings. The zero-order chi connectivity index (χ0) is 12.3. The van der Waals surface area contributed by atoms with Crippen LogP contribution in [-0.2, 0) is 14.3 Å². The summed E-state index contributed by atoms with van der Waals surface area (Å²) >= 11 is 0. The molecule has 2 rings (SSSR count). The Morgan fingerprint density at radius 1 is 1.47 bits per heavy atom. The molecule has 96 valence electrons. The van der Waals surface area contributed by atoms with Crippen LogP contribution in [0, 0.1) is 5.92 Å². The minimum Gasteiger partial charge on any atom is -0.481 e. The molecule has 2 aliphatic heterocycles. The molecule has 6 nitrogen and oxygen atoms in total. The van der Waals surface area contributed by atoms with E-state index in [1.54, 1.807) is 4.90 Å². The largest absolute Gasteiger partial charge is 0.481 e. The Bertz CT molecular complexity index is 302. The Labute approximate surface area is 99.9 Å². The van der Waals surface area contributed by atoms with E-state index >= 15 is 0 Å². The number of likely N-dealkylation sites (tertiary alicyclic amines) is 1. The SMILES string of the molecule is O=C(O)C1CCN(C(=O)CC2COCCN2)C1. The van der Waals surface area contributed by atoms with Gasteiger partial charge in [-0.2, -0.15) is 0 Å². The Morgan fingerprint density at radius 3 is 2.88 bits per heavy atom. The summed E-state index contributed by atoms with van der Waals surface area (Å²) in [6.45, 7) is 2.93. The molecule has 6 heteroatoms. The van der Waals surface area contributed by atoms with Crippen LogP contribution in [0.1, 0.15) is 12.8 Å². The molecular weight excluding hydrogens is 224 g/mol. The first-order valence-electron chi connectivity index (χ1n) is 5.98. The van der Waals surface area contributed by atoms with Crippen molar-refractivity contribution in [1.29, 1.82) is 0 Å². The van der Waals surface area contributed by atoms with Crippen LogP contribution in [0.5, 0.6) is 0 Å². The highest BCUT2D eigenvalue weighted by Gasteiger charge is 2.31. The monoisotopic (exact) mass is 242 g/mol. The van der Waals surface area contributed by atoms with E-state index in [-0.39, 0.29) is 11.9 Å². The van der Waals surface area contributed by atoms with E-state index in [1.807, 2.05) is 0 Å². The normalized spacial score (nSPS) is 29.3. The van der Waals surface area contributed by atoms with Crippen molar-refractivity contribution in [2.45, 2.75) is 18.9 Å². The lowest BCUT2D eigenvalue weighted by molar-refractivity contribution is -0.141. The molecule has 1 amide bonds. The van der Waals surface area contributed by atoms with Crippen LogP contribution in [-0.4, -0.2) is 60.8 Å². The molecule has 0 saturated carbocycles. The average Bonchev–Trinajstić information content (AvgIpc) is 2.79. The van der Waals surface area contributed by atoms with Gasteiger partial charge in [0.15, 0.2) is 0 Å². The van der Waals surface area contributed by atoms with Gasteiger partial charge in [0.1, 0.15) is 0 Å². The Kier molecular flexibility index (Phi) is 3.96. The molecule has 2 N–H and O–H groups in total. The van der Waals surface area contributed by atoms with E-state index < -0.39 is 11.9 Å². The molecule has 0 aliphatic carbocycles. The molecule has 0 spiro atoms. The quantitative estimate of drug-likeness (QED) is 0.684. The van der Waals surface area contributed by atoms with Crippen molar-refractivity contribution in [3.8, 4) is 0 Å². The number of carboxylic acid groups (broad SMARTS) is 1. The number of rotatable bonds is 3. The number of nitrogens with one attached hydrogen (secondary N) is 1. The van der Waals surface area contributed by atoms with Gasteiger partial charge in [0, 0.05) is 32.1 Å². The second-order valence-electron chi connectivity index (χ2n) is 4.59. The highest BCUT2D eigenvalue weighted by molar-refractivity contribution is 5.79. The maximum atomic E-state index is 11.9. The van der Waals surface area contributed by atoms with Gasteiger partial charge in [-0.1, -0.05) is 0 Å². The van der Waals surface area contributed by atoms with Gasteiger partial charge in [-0.15, -0.1) is 0 Å². The predicted molar refractivity (Wildman–Crippen MR) is 59.5 cm³/mol. The summed E-state index contributed by atoms with van der Waals surface area (Å²) in [5.41, 5.74) is 0. The van der Waals surface area contributed by atoms with Gasteiger partial charge in [-0.3, -0.25) is 9.59 Å². The summed E-state index contributed by atoms with van der Waals surface area (Å²) in [7, 11) is 0. The maximum Gasteiger partial charge on any atom is 0.308 e. The number of hydrogen-bond donors (Lipinski definition) is 2. The smallest absolute Gasteiger partial charge is 0.308 e. The molecule has 0 aromatic rings. The Balaban J connectivity index is 1.78. The van der Waals surface area contributed by atoms with Crippen molar-refractivity contribution in [3.05, 3.63) is 0 Å². The summed E-state index contributed by atoms with van der Waals surface area (Å²) in [5.74, 6) is -1.18. The molecule has 17 heavy (non-hydrogen) atoms. The van der Waals surface area contributed by atoms with Crippen LogP contribution in [0.4, 0.5) is 0 Å². The maximum absolute atomic E-state index is 11.9. The van der Waals surface area contributed by atoms with Crippen LogP contribution in [0.2, 0.25) is 0 Å². The Morgan fingerprint density at radius 2 is 2.29 bits per heavy atom. The highest BCUT2D eigenvalue weighted by atomic mass is 16.5. The molecule has 0 aromatic carbocycles. The number of nitrogens with zero attached hydrogens (tertiary/aromatic N) is 1. The first-order chi connectivity index (χ1) is 8.16. The number of hydrogen-bond acceptors (Lipinski definition) is 4. The van der Waals surface area contributed by atoms with E-state index in [2.05, 4.69) is 5.32 Å². The number of aliphatic carboxylic acids is 1. The fourth-order valence-corrected chi connectivity index (χ4v) is 2.28. The molecule has 0 radical (unpaired) electrons. The molecule has 2 atom stereocenters. The highest BCUT2D eigenvalue weighted by Crippen LogP contribution is 2.17. The van der Waals surface area contributed by atoms with Gasteiger partial charge in [-0.05, 0) is 6.42 Å². The van der Waals surface area contributed by atoms with Crippen LogP contribution >= 0.6 is 0 Å². The number of carboxylic acids is 1. The van der Waals surface area contributed by atoms with E-state index in [4.69, 9.17) is 9.84 Å². The predicted octanol–water partition coefficient (Wildman–Crippen LogP) is -0.702. The topological polar surface area (TPSA) is 78.9 Å². The molecular formula is C11H18N2O4. The lowest BCUT2D eigenvalue weighted by Gasteiger charge is -2.25. The van der Waals surface area contributed by atoms with Crippen molar-refractivity contribution in [2.75, 3.05) is 32.8 Å². The Hall–Kier alpha value is -1.14. The third kappa shape index (κ3) is 3.17. The fourth-order valence-electron chi connectivity index (χ4n) is 2.28. The van der Waals surface area contributed by atoms with Crippen molar-refractivity contribution >= 4 is 11.9 Å². The molecule has 2 fully saturated rings. The first-order valence-corrected chi connectivity index (χ1v) is 5.98. The molecule has 0 bridgehead atoms. The average molecular weight is 242 g/mol. The third-order valence-electron chi connectivity index (χ3n) is 3.31. The van der Waals surface area contributed by atoms with Crippen molar-refractivity contribution in [1.82, 2.24) is 10.2 Å². The lowest BCUT2D eigenvalue weighted by atomic mass is 10.1. The minimum absolute atomic E-state index is 0.0248. The summed E-state index contributed by atoms with van der Waals surface area (Å²) in [6, 6.07) is 0.0696. The number of amides is 1. The standard InChI is InChI=1S/C11H18N2O4/c14-10(5-9-7-17-4-2-12-9)13-3-1-8(6-13)11(15)16/h8-9,12H,1-7H2,(H,15,16). The van der Waals surface area contributed by atoms with Crippen LogP contribution in [0.25, 0.3) is 0 Å². The van der Waals surface area contributed by atoms with E-state index in [9.17, 15) is 9.59 Å². The third-order valence-corrected chi connectivity index (χ3v) is 3.31. The molecule has 2 unspecified atom stereocenters. The van der Waals surface area contributed by atoms with Crippen LogP contribution < -0.4 is 5.32 Å². The van der Waals surface area contributed by atoms with Crippen molar-refractivity contribution in [2.24, 2.45) is 5.92 Å². The van der Waals surface area contributed by atoms with Crippen LogP contribution in [0.3, 0.4) is 0 Å². The zero-order valence-corrected chi connectivity index (χ0v) is 9.72. The lowest BCUT2D eigenvalue weighted by Crippen LogP contribution is -2.44. The van der Waals surface area contributed by atoms with Crippen LogP contribution in [0.15, 0.2) is 0 Å². The first kappa shape index (κ1) is 12.3. The summed E-state index contributed by atoms with van der Waals surface area (Å²) in [5, 5.41) is 12.1. The second kappa shape index (κ2) is 5.46. The minimum atomic E-state index is -0.806. The fraction of sp³-hybridized carbons (Fsp3) is 0.818. The van der Waals surface area contributed by atoms with Gasteiger partial charge in [-0.25, -0.2) is 0 Å². The van der Waals surface area contributed by atoms with Gasteiger partial charge in [0.05, 0.1) is 19.1 Å². The molecule has 2 saturated heterocycles. The zero-order valence-electron chi connectivity index (χ0n) is 9.72. The molecule has 0 aromatic heterocycles. The number of carbonyl (C=O) groups is 2. The van der Waals surface area contributed by atoms with Gasteiger partial charge in [0.2, 0.25) is 5.91 Å². The van der Waals surface area contributed by atoms with E-state index in [0.29, 0.717) is 39.1 Å². The van der Waals surface area contributed by atoms with Crippen molar-refractivity contribution < 1.29 is 19.4 Å². The number of morpholine rings is 1. The van der Waals surface area contributed by atoms with Crippen molar-refractivity contribution in [3.63, 3.8) is 0 Å². The second-order valence-corrected chi connectivity index (χ2v) is 4.59. The number of carbonyl (C=O) groups excluding carboxylic acids is 1.